The molecule has 0 spiro atoms. The molecule has 3 aromatic rings. The van der Waals surface area contributed by atoms with Gasteiger partial charge < -0.3 is 39.1 Å². The highest BCUT2D eigenvalue weighted by atomic mass is 79.9. The first-order chi connectivity index (χ1) is 20.1. The molecule has 12 heteroatoms. The number of amides is 1. The van der Waals surface area contributed by atoms with E-state index in [-0.39, 0.29) is 12.5 Å². The standard InChI is InChI=1S/C29H37BrN4O7/c1-3-28(35)34-26-19-24-25(31-21-32-29(24)33-23-7-5-6-22(30)18-23)20-27(26)41-17-16-40-15-14-39-13-12-38-11-10-37-9-8-36-4-2/h3,5-7,18-21H,1,4,8-17H2,2H3,(H,34,35)(H,31,32,33). The Morgan fingerprint density at radius 2 is 1.51 bits per heavy atom. The summed E-state index contributed by atoms with van der Waals surface area (Å²) in [7, 11) is 0. The SMILES string of the molecule is C=CC(=O)Nc1cc2c(Nc3cccc(Br)c3)ncnc2cc1OCCOCCOCCOCCOCCOCC. The average Bonchev–Trinajstić information content (AvgIpc) is 2.97. The summed E-state index contributed by atoms with van der Waals surface area (Å²) >= 11 is 3.47. The van der Waals surface area contributed by atoms with E-state index in [0.717, 1.165) is 10.2 Å². The van der Waals surface area contributed by atoms with Crippen LogP contribution in [-0.2, 0) is 28.5 Å². The molecule has 222 valence electrons. The van der Waals surface area contributed by atoms with Gasteiger partial charge in [-0.05, 0) is 37.3 Å². The van der Waals surface area contributed by atoms with Crippen molar-refractivity contribution in [2.24, 2.45) is 0 Å². The van der Waals surface area contributed by atoms with Crippen molar-refractivity contribution in [1.82, 2.24) is 9.97 Å². The highest BCUT2D eigenvalue weighted by molar-refractivity contribution is 9.10. The quantitative estimate of drug-likeness (QED) is 0.126. The van der Waals surface area contributed by atoms with Gasteiger partial charge in [-0.1, -0.05) is 28.6 Å². The first-order valence-electron chi connectivity index (χ1n) is 13.4. The minimum atomic E-state index is -0.362. The van der Waals surface area contributed by atoms with E-state index in [1.807, 2.05) is 31.2 Å². The van der Waals surface area contributed by atoms with Gasteiger partial charge in [0.25, 0.3) is 0 Å². The summed E-state index contributed by atoms with van der Waals surface area (Å²) in [5, 5.41) is 6.81. The molecule has 0 aliphatic rings. The molecular weight excluding hydrogens is 596 g/mol. The zero-order valence-electron chi connectivity index (χ0n) is 23.2. The molecule has 2 aromatic carbocycles. The number of halogens is 1. The second-order valence-corrected chi connectivity index (χ2v) is 9.33. The van der Waals surface area contributed by atoms with E-state index in [1.165, 1.54) is 12.4 Å². The lowest BCUT2D eigenvalue weighted by Gasteiger charge is -2.15. The zero-order chi connectivity index (χ0) is 29.1. The number of rotatable bonds is 21. The Morgan fingerprint density at radius 3 is 2.12 bits per heavy atom. The van der Waals surface area contributed by atoms with Crippen LogP contribution in [0, 0.1) is 0 Å². The molecule has 0 atom stereocenters. The summed E-state index contributed by atoms with van der Waals surface area (Å²) in [6, 6.07) is 11.3. The molecule has 11 nitrogen and oxygen atoms in total. The van der Waals surface area contributed by atoms with Crippen molar-refractivity contribution in [2.45, 2.75) is 6.92 Å². The minimum absolute atomic E-state index is 0.267. The number of aromatic nitrogens is 2. The summed E-state index contributed by atoms with van der Waals surface area (Å²) in [5.74, 6) is 0.686. The summed E-state index contributed by atoms with van der Waals surface area (Å²) in [6.07, 6.45) is 2.67. The Kier molecular flexibility index (Phi) is 15.1. The highest BCUT2D eigenvalue weighted by Gasteiger charge is 2.13. The number of nitrogens with one attached hydrogen (secondary N) is 2. The van der Waals surface area contributed by atoms with Gasteiger partial charge in [-0.15, -0.1) is 0 Å². The third kappa shape index (κ3) is 12.1. The Bertz CT molecular complexity index is 1230. The molecule has 0 aliphatic heterocycles. The van der Waals surface area contributed by atoms with Gasteiger partial charge in [-0.2, -0.15) is 0 Å². The third-order valence-corrected chi connectivity index (χ3v) is 5.94. The van der Waals surface area contributed by atoms with E-state index >= 15 is 0 Å². The second-order valence-electron chi connectivity index (χ2n) is 8.41. The van der Waals surface area contributed by atoms with Crippen molar-refractivity contribution in [3.63, 3.8) is 0 Å². The van der Waals surface area contributed by atoms with Gasteiger partial charge in [0.05, 0.1) is 70.7 Å². The lowest BCUT2D eigenvalue weighted by atomic mass is 10.1. The molecule has 1 amide bonds. The molecule has 0 saturated carbocycles. The first kappa shape index (κ1) is 32.4. The Hall–Kier alpha value is -3.13. The maximum Gasteiger partial charge on any atom is 0.247 e. The van der Waals surface area contributed by atoms with Gasteiger partial charge in [-0.3, -0.25) is 4.79 Å². The van der Waals surface area contributed by atoms with Crippen LogP contribution in [0.5, 0.6) is 5.75 Å². The number of nitrogens with zero attached hydrogens (tertiary/aromatic N) is 2. The van der Waals surface area contributed by atoms with Gasteiger partial charge in [0.2, 0.25) is 5.91 Å². The highest BCUT2D eigenvalue weighted by Crippen LogP contribution is 2.33. The number of ether oxygens (including phenoxy) is 6. The minimum Gasteiger partial charge on any atom is -0.489 e. The number of benzene rings is 2. The van der Waals surface area contributed by atoms with Gasteiger partial charge in [0, 0.05) is 28.2 Å². The Balaban J connectivity index is 1.42. The second kappa shape index (κ2) is 19.1. The molecule has 0 radical (unpaired) electrons. The number of hydrogen-bond acceptors (Lipinski definition) is 10. The molecule has 0 aliphatic carbocycles. The van der Waals surface area contributed by atoms with Crippen molar-refractivity contribution >= 4 is 49.9 Å². The summed E-state index contributed by atoms with van der Waals surface area (Å²) in [4.78, 5) is 20.9. The molecule has 41 heavy (non-hydrogen) atoms. The van der Waals surface area contributed by atoms with Gasteiger partial charge in [0.15, 0.2) is 0 Å². The molecule has 0 fully saturated rings. The summed E-state index contributed by atoms with van der Waals surface area (Å²) in [6.45, 7) is 10.8. The van der Waals surface area contributed by atoms with E-state index in [0.29, 0.717) is 94.2 Å². The lowest BCUT2D eigenvalue weighted by Crippen LogP contribution is -2.15. The van der Waals surface area contributed by atoms with E-state index in [9.17, 15) is 4.79 Å². The van der Waals surface area contributed by atoms with Crippen molar-refractivity contribution in [1.29, 1.82) is 0 Å². The Labute approximate surface area is 248 Å². The van der Waals surface area contributed by atoms with Crippen LogP contribution in [-0.4, -0.2) is 88.6 Å². The van der Waals surface area contributed by atoms with Crippen molar-refractivity contribution < 1.29 is 33.2 Å². The van der Waals surface area contributed by atoms with Crippen LogP contribution < -0.4 is 15.4 Å². The van der Waals surface area contributed by atoms with Crippen LogP contribution in [0.1, 0.15) is 6.92 Å². The normalized spacial score (nSPS) is 11.0. The van der Waals surface area contributed by atoms with Crippen LogP contribution in [0.2, 0.25) is 0 Å². The fraction of sp³-hybridized carbons (Fsp3) is 0.414. The molecule has 0 bridgehead atoms. The van der Waals surface area contributed by atoms with Crippen LogP contribution in [0.3, 0.4) is 0 Å². The molecule has 3 rings (SSSR count). The lowest BCUT2D eigenvalue weighted by molar-refractivity contribution is -0.111. The van der Waals surface area contributed by atoms with Crippen LogP contribution >= 0.6 is 15.9 Å². The molecule has 1 aromatic heterocycles. The molecule has 0 saturated heterocycles. The fourth-order valence-corrected chi connectivity index (χ4v) is 3.92. The topological polar surface area (TPSA) is 122 Å². The van der Waals surface area contributed by atoms with Gasteiger partial charge >= 0.3 is 0 Å². The molecule has 0 unspecified atom stereocenters. The predicted octanol–water partition coefficient (Wildman–Crippen LogP) is 4.74. The number of anilines is 3. The molecule has 1 heterocycles. The number of carbonyl (C=O) groups excluding carboxylic acids is 1. The zero-order valence-corrected chi connectivity index (χ0v) is 24.8. The number of hydrogen-bond donors (Lipinski definition) is 2. The monoisotopic (exact) mass is 632 g/mol. The third-order valence-electron chi connectivity index (χ3n) is 5.44. The largest absolute Gasteiger partial charge is 0.489 e. The van der Waals surface area contributed by atoms with E-state index < -0.39 is 0 Å². The fourth-order valence-electron chi connectivity index (χ4n) is 3.52. The van der Waals surface area contributed by atoms with E-state index in [2.05, 4.69) is 43.1 Å². The van der Waals surface area contributed by atoms with Crippen LogP contribution in [0.15, 0.2) is 59.9 Å². The van der Waals surface area contributed by atoms with Crippen molar-refractivity contribution in [3.8, 4) is 5.75 Å². The summed E-state index contributed by atoms with van der Waals surface area (Å²) < 4.78 is 34.0. The predicted molar refractivity (Wildman–Crippen MR) is 161 cm³/mol. The maximum atomic E-state index is 12.1. The number of carbonyl (C=O) groups is 1. The maximum absolute atomic E-state index is 12.1. The summed E-state index contributed by atoms with van der Waals surface area (Å²) in [5.41, 5.74) is 1.97. The first-order valence-corrected chi connectivity index (χ1v) is 14.2. The molecule has 2 N–H and O–H groups in total. The average molecular weight is 634 g/mol. The van der Waals surface area contributed by atoms with Gasteiger partial charge in [-0.25, -0.2) is 9.97 Å². The van der Waals surface area contributed by atoms with Crippen LogP contribution in [0.4, 0.5) is 17.2 Å². The van der Waals surface area contributed by atoms with Crippen LogP contribution in [0.25, 0.3) is 10.9 Å². The Morgan fingerprint density at radius 1 is 0.878 bits per heavy atom. The van der Waals surface area contributed by atoms with Crippen molar-refractivity contribution in [3.05, 3.63) is 59.9 Å². The van der Waals surface area contributed by atoms with Gasteiger partial charge in [0.1, 0.15) is 24.5 Å². The molecular formula is C29H37BrN4O7. The van der Waals surface area contributed by atoms with E-state index in [4.69, 9.17) is 28.4 Å². The van der Waals surface area contributed by atoms with Crippen molar-refractivity contribution in [2.75, 3.05) is 83.3 Å². The number of fused-ring (bicyclic) bond motifs is 1. The van der Waals surface area contributed by atoms with E-state index in [1.54, 1.807) is 12.1 Å². The smallest absolute Gasteiger partial charge is 0.247 e.